The van der Waals surface area contributed by atoms with Crippen LogP contribution in [-0.4, -0.2) is 9.97 Å². The van der Waals surface area contributed by atoms with Crippen LogP contribution in [0.25, 0.3) is 10.2 Å². The maximum atomic E-state index is 13.8. The van der Waals surface area contributed by atoms with E-state index in [0.717, 1.165) is 10.9 Å². The number of nitrogens with zero attached hydrogens (tertiary/aromatic N) is 2. The normalized spacial score (nSPS) is 11.1. The molecule has 3 nitrogen and oxygen atoms in total. The van der Waals surface area contributed by atoms with Gasteiger partial charge in [0, 0.05) is 9.35 Å². The van der Waals surface area contributed by atoms with Crippen LogP contribution in [0.3, 0.4) is 0 Å². The Bertz CT molecular complexity index is 856. The molecule has 0 saturated carbocycles. The number of halogens is 4. The van der Waals surface area contributed by atoms with E-state index in [4.69, 9.17) is 16.3 Å². The van der Waals surface area contributed by atoms with Gasteiger partial charge in [-0.05, 0) is 36.7 Å². The van der Waals surface area contributed by atoms with Crippen molar-refractivity contribution in [2.24, 2.45) is 0 Å². The van der Waals surface area contributed by atoms with Crippen molar-refractivity contribution >= 4 is 49.1 Å². The molecule has 0 aliphatic carbocycles. The maximum absolute atomic E-state index is 13.8. The summed E-state index contributed by atoms with van der Waals surface area (Å²) in [5, 5.41) is 0.580. The van der Waals surface area contributed by atoms with Crippen molar-refractivity contribution in [2.45, 2.75) is 6.92 Å². The molecule has 0 spiro atoms. The molecule has 8 heteroatoms. The lowest BCUT2D eigenvalue weighted by Gasteiger charge is -2.08. The van der Waals surface area contributed by atoms with E-state index in [0.29, 0.717) is 14.7 Å². The molecule has 2 aromatic heterocycles. The third-order valence-corrected chi connectivity index (χ3v) is 4.19. The van der Waals surface area contributed by atoms with Crippen LogP contribution in [0.2, 0.25) is 5.28 Å². The van der Waals surface area contributed by atoms with Crippen LogP contribution in [0, 0.1) is 18.6 Å². The molecule has 0 radical (unpaired) electrons. The Balaban J connectivity index is 2.14. The fourth-order valence-corrected chi connectivity index (χ4v) is 3.27. The van der Waals surface area contributed by atoms with Gasteiger partial charge in [0.25, 0.3) is 0 Å². The van der Waals surface area contributed by atoms with Crippen LogP contribution >= 0.6 is 38.9 Å². The van der Waals surface area contributed by atoms with Crippen LogP contribution in [0.15, 0.2) is 22.7 Å². The van der Waals surface area contributed by atoms with Crippen molar-refractivity contribution in [3.05, 3.63) is 44.5 Å². The predicted octanol–water partition coefficient (Wildman–Crippen LogP) is 5.49. The van der Waals surface area contributed by atoms with E-state index in [2.05, 4.69) is 25.9 Å². The van der Waals surface area contributed by atoms with Gasteiger partial charge in [0.2, 0.25) is 17.0 Å². The van der Waals surface area contributed by atoms with Gasteiger partial charge in [-0.1, -0.05) is 15.9 Å². The predicted molar refractivity (Wildman–Crippen MR) is 81.3 cm³/mol. The van der Waals surface area contributed by atoms with E-state index in [-0.39, 0.29) is 16.9 Å². The Morgan fingerprint density at radius 3 is 2.76 bits per heavy atom. The van der Waals surface area contributed by atoms with Crippen molar-refractivity contribution in [1.29, 1.82) is 0 Å². The average molecular weight is 392 g/mol. The van der Waals surface area contributed by atoms with Crippen molar-refractivity contribution in [3.63, 3.8) is 0 Å². The number of hydrogen-bond donors (Lipinski definition) is 0. The first-order valence-corrected chi connectivity index (χ1v) is 7.69. The van der Waals surface area contributed by atoms with Gasteiger partial charge < -0.3 is 4.74 Å². The van der Waals surface area contributed by atoms with E-state index in [9.17, 15) is 8.78 Å². The van der Waals surface area contributed by atoms with Gasteiger partial charge in [0.1, 0.15) is 4.83 Å². The third kappa shape index (κ3) is 2.86. The molecule has 0 N–H and O–H groups in total. The van der Waals surface area contributed by atoms with Gasteiger partial charge in [-0.2, -0.15) is 9.37 Å². The molecule has 0 saturated heterocycles. The first-order chi connectivity index (χ1) is 9.94. The number of thiophene rings is 1. The Morgan fingerprint density at radius 2 is 2.00 bits per heavy atom. The topological polar surface area (TPSA) is 35.0 Å². The van der Waals surface area contributed by atoms with Crippen LogP contribution in [0.5, 0.6) is 11.6 Å². The fourth-order valence-electron chi connectivity index (χ4n) is 1.78. The Kier molecular flexibility index (Phi) is 3.81. The largest absolute Gasteiger partial charge is 0.435 e. The van der Waals surface area contributed by atoms with Crippen molar-refractivity contribution in [3.8, 4) is 11.6 Å². The van der Waals surface area contributed by atoms with Crippen LogP contribution in [0.1, 0.15) is 4.88 Å². The van der Waals surface area contributed by atoms with Gasteiger partial charge in [0.05, 0.1) is 5.39 Å². The minimum atomic E-state index is -1.09. The number of hydrogen-bond acceptors (Lipinski definition) is 4. The Labute approximate surface area is 135 Å². The summed E-state index contributed by atoms with van der Waals surface area (Å²) < 4.78 is 32.9. The van der Waals surface area contributed by atoms with Gasteiger partial charge in [-0.15, -0.1) is 11.3 Å². The van der Waals surface area contributed by atoms with Crippen molar-refractivity contribution < 1.29 is 13.5 Å². The number of aromatic nitrogens is 2. The van der Waals surface area contributed by atoms with E-state index in [1.54, 1.807) is 6.07 Å². The summed E-state index contributed by atoms with van der Waals surface area (Å²) >= 11 is 10.3. The molecule has 0 unspecified atom stereocenters. The average Bonchev–Trinajstić information content (AvgIpc) is 2.75. The molecule has 0 bridgehead atoms. The first-order valence-electron chi connectivity index (χ1n) is 5.70. The second-order valence-electron chi connectivity index (χ2n) is 4.18. The van der Waals surface area contributed by atoms with Crippen LogP contribution in [0.4, 0.5) is 8.78 Å². The number of aryl methyl sites for hydroxylation is 1. The van der Waals surface area contributed by atoms with Gasteiger partial charge in [0.15, 0.2) is 11.6 Å². The maximum Gasteiger partial charge on any atom is 0.232 e. The quantitative estimate of drug-likeness (QED) is 0.428. The Morgan fingerprint density at radius 1 is 1.24 bits per heavy atom. The zero-order valence-electron chi connectivity index (χ0n) is 10.5. The lowest BCUT2D eigenvalue weighted by atomic mass is 10.3. The summed E-state index contributed by atoms with van der Waals surface area (Å²) in [5.41, 5.74) is 0. The summed E-state index contributed by atoms with van der Waals surface area (Å²) in [4.78, 5) is 9.62. The summed E-state index contributed by atoms with van der Waals surface area (Å²) in [5.74, 6) is -2.29. The lowest BCUT2D eigenvalue weighted by Crippen LogP contribution is -1.95. The molecule has 0 fully saturated rings. The Hall–Kier alpha value is -1.31. The smallest absolute Gasteiger partial charge is 0.232 e. The van der Waals surface area contributed by atoms with Gasteiger partial charge in [-0.3, -0.25) is 0 Å². The molecule has 2 heterocycles. The molecule has 1 aromatic carbocycles. The second kappa shape index (κ2) is 5.47. The molecule has 21 heavy (non-hydrogen) atoms. The highest BCUT2D eigenvalue weighted by atomic mass is 79.9. The minimum absolute atomic E-state index is 0.0183. The lowest BCUT2D eigenvalue weighted by molar-refractivity contribution is 0.408. The molecule has 0 aliphatic heterocycles. The summed E-state index contributed by atoms with van der Waals surface area (Å²) in [6.07, 6.45) is 0. The van der Waals surface area contributed by atoms with Gasteiger partial charge in [-0.25, -0.2) is 9.37 Å². The molecule has 0 amide bonds. The molecule has 0 aliphatic rings. The SMILES string of the molecule is Cc1cc2c(Oc3cc(Br)cc(F)c3F)nc(Cl)nc2s1. The number of rotatable bonds is 2. The van der Waals surface area contributed by atoms with E-state index >= 15 is 0 Å². The monoisotopic (exact) mass is 390 g/mol. The first kappa shape index (κ1) is 14.6. The van der Waals surface area contributed by atoms with Crippen LogP contribution < -0.4 is 4.74 Å². The highest BCUT2D eigenvalue weighted by molar-refractivity contribution is 9.10. The van der Waals surface area contributed by atoms with Gasteiger partial charge >= 0.3 is 0 Å². The summed E-state index contributed by atoms with van der Waals surface area (Å²) in [6.45, 7) is 1.89. The van der Waals surface area contributed by atoms with E-state index in [1.165, 1.54) is 17.4 Å². The number of benzene rings is 1. The highest BCUT2D eigenvalue weighted by Crippen LogP contribution is 2.35. The standard InChI is InChI=1S/C13H6BrClF2N2OS/c1-5-2-7-11(18-13(15)19-12(7)21-5)20-9-4-6(14)3-8(16)10(9)17/h2-4H,1H3. The number of fused-ring (bicyclic) bond motifs is 1. The fraction of sp³-hybridized carbons (Fsp3) is 0.0769. The van der Waals surface area contributed by atoms with Crippen molar-refractivity contribution in [2.75, 3.05) is 0 Å². The van der Waals surface area contributed by atoms with Crippen LogP contribution in [-0.2, 0) is 0 Å². The molecular formula is C13H6BrClF2N2OS. The molecule has 3 aromatic rings. The van der Waals surface area contributed by atoms with E-state index < -0.39 is 11.6 Å². The molecular weight excluding hydrogens is 386 g/mol. The molecule has 3 rings (SSSR count). The summed E-state index contributed by atoms with van der Waals surface area (Å²) in [6, 6.07) is 4.14. The van der Waals surface area contributed by atoms with Crippen molar-refractivity contribution in [1.82, 2.24) is 9.97 Å². The zero-order valence-corrected chi connectivity index (χ0v) is 13.6. The highest BCUT2D eigenvalue weighted by Gasteiger charge is 2.16. The third-order valence-electron chi connectivity index (χ3n) is 2.62. The zero-order chi connectivity index (χ0) is 15.1. The minimum Gasteiger partial charge on any atom is -0.435 e. The molecule has 108 valence electrons. The second-order valence-corrected chi connectivity index (χ2v) is 6.66. The number of ether oxygens (including phenoxy) is 1. The summed E-state index contributed by atoms with van der Waals surface area (Å²) in [7, 11) is 0. The molecule has 0 atom stereocenters. The van der Waals surface area contributed by atoms with E-state index in [1.807, 2.05) is 6.92 Å².